The van der Waals surface area contributed by atoms with Gasteiger partial charge in [0.05, 0.1) is 32.9 Å². The van der Waals surface area contributed by atoms with Crippen molar-refractivity contribution in [3.63, 3.8) is 0 Å². The Balaban J connectivity index is 1.53. The van der Waals surface area contributed by atoms with Crippen LogP contribution in [0.15, 0.2) is 47.8 Å². The summed E-state index contributed by atoms with van der Waals surface area (Å²) in [5.74, 6) is 2.58. The van der Waals surface area contributed by atoms with Crippen LogP contribution in [0.4, 0.5) is 0 Å². The van der Waals surface area contributed by atoms with E-state index in [4.69, 9.17) is 14.2 Å². The summed E-state index contributed by atoms with van der Waals surface area (Å²) in [5.41, 5.74) is 2.69. The molecule has 0 atom stereocenters. The lowest BCUT2D eigenvalue weighted by molar-refractivity contribution is -0.120. The third kappa shape index (κ3) is 6.46. The number of thiazole rings is 1. The minimum absolute atomic E-state index is 0.0655. The molecule has 0 aliphatic heterocycles. The lowest BCUT2D eigenvalue weighted by Crippen LogP contribution is -2.24. The number of aromatic nitrogens is 1. The first kappa shape index (κ1) is 22.6. The monoisotopic (exact) mass is 440 g/mol. The molecule has 0 fully saturated rings. The van der Waals surface area contributed by atoms with E-state index < -0.39 is 0 Å². The molecule has 0 radical (unpaired) electrons. The lowest BCUT2D eigenvalue weighted by atomic mass is 10.2. The minimum Gasteiger partial charge on any atom is -0.493 e. The van der Waals surface area contributed by atoms with Gasteiger partial charge in [-0.05, 0) is 41.8 Å². The highest BCUT2D eigenvalue weighted by molar-refractivity contribution is 7.13. The second-order valence-electron chi connectivity index (χ2n) is 7.52. The molecule has 3 aromatic rings. The van der Waals surface area contributed by atoms with Gasteiger partial charge in [-0.25, -0.2) is 4.98 Å². The lowest BCUT2D eigenvalue weighted by Gasteiger charge is -2.09. The van der Waals surface area contributed by atoms with E-state index in [0.29, 0.717) is 30.6 Å². The van der Waals surface area contributed by atoms with Crippen LogP contribution >= 0.6 is 11.3 Å². The highest BCUT2D eigenvalue weighted by Crippen LogP contribution is 2.33. The van der Waals surface area contributed by atoms with Crippen LogP contribution in [-0.2, 0) is 17.8 Å². The van der Waals surface area contributed by atoms with Gasteiger partial charge in [-0.1, -0.05) is 26.0 Å². The average Bonchev–Trinajstić information content (AvgIpc) is 3.24. The van der Waals surface area contributed by atoms with Crippen LogP contribution in [0.3, 0.4) is 0 Å². The second kappa shape index (κ2) is 10.8. The maximum absolute atomic E-state index is 12.4. The normalized spacial score (nSPS) is 10.7. The SMILES string of the molecule is COc1ccc(-c2nc(CC(=O)NCc3ccc(OCC(C)C)cc3)cs2)cc1OC. The Kier molecular flexibility index (Phi) is 7.89. The van der Waals surface area contributed by atoms with Crippen molar-refractivity contribution in [1.82, 2.24) is 10.3 Å². The number of hydrogen-bond donors (Lipinski definition) is 1. The summed E-state index contributed by atoms with van der Waals surface area (Å²) in [6.45, 7) is 5.39. The van der Waals surface area contributed by atoms with Crippen LogP contribution in [0.5, 0.6) is 17.2 Å². The molecule has 1 amide bonds. The van der Waals surface area contributed by atoms with Crippen molar-refractivity contribution >= 4 is 17.2 Å². The summed E-state index contributed by atoms with van der Waals surface area (Å²) >= 11 is 1.50. The number of nitrogens with one attached hydrogen (secondary N) is 1. The molecule has 0 saturated carbocycles. The van der Waals surface area contributed by atoms with Crippen molar-refractivity contribution in [3.8, 4) is 27.8 Å². The first-order valence-corrected chi connectivity index (χ1v) is 11.0. The van der Waals surface area contributed by atoms with E-state index >= 15 is 0 Å². The van der Waals surface area contributed by atoms with E-state index in [1.165, 1.54) is 11.3 Å². The molecule has 0 spiro atoms. The number of rotatable bonds is 10. The first-order valence-electron chi connectivity index (χ1n) is 10.1. The number of amides is 1. The quantitative estimate of drug-likeness (QED) is 0.494. The molecule has 0 aliphatic rings. The number of methoxy groups -OCH3 is 2. The van der Waals surface area contributed by atoms with Crippen molar-refractivity contribution in [1.29, 1.82) is 0 Å². The molecule has 164 valence electrons. The molecule has 6 nitrogen and oxygen atoms in total. The molecule has 31 heavy (non-hydrogen) atoms. The van der Waals surface area contributed by atoms with E-state index in [-0.39, 0.29) is 12.3 Å². The molecule has 0 aliphatic carbocycles. The van der Waals surface area contributed by atoms with Gasteiger partial charge in [0.2, 0.25) is 5.91 Å². The first-order chi connectivity index (χ1) is 15.0. The predicted octanol–water partition coefficient (Wildman–Crippen LogP) is 4.72. The highest BCUT2D eigenvalue weighted by atomic mass is 32.1. The summed E-state index contributed by atoms with van der Waals surface area (Å²) < 4.78 is 16.3. The molecular formula is C24H28N2O4S. The largest absolute Gasteiger partial charge is 0.493 e. The fraction of sp³-hybridized carbons (Fsp3) is 0.333. The molecule has 7 heteroatoms. The predicted molar refractivity (Wildman–Crippen MR) is 123 cm³/mol. The molecule has 0 unspecified atom stereocenters. The molecule has 0 bridgehead atoms. The minimum atomic E-state index is -0.0655. The Morgan fingerprint density at radius 2 is 1.81 bits per heavy atom. The van der Waals surface area contributed by atoms with Gasteiger partial charge in [0.1, 0.15) is 10.8 Å². The van der Waals surface area contributed by atoms with Crippen LogP contribution in [-0.4, -0.2) is 31.7 Å². The Hall–Kier alpha value is -3.06. The van der Waals surface area contributed by atoms with Gasteiger partial charge in [-0.3, -0.25) is 4.79 Å². The van der Waals surface area contributed by atoms with Crippen molar-refractivity contribution in [2.45, 2.75) is 26.8 Å². The smallest absolute Gasteiger partial charge is 0.226 e. The van der Waals surface area contributed by atoms with Crippen LogP contribution in [0, 0.1) is 5.92 Å². The summed E-state index contributed by atoms with van der Waals surface area (Å²) in [6.07, 6.45) is 0.235. The third-order valence-electron chi connectivity index (χ3n) is 4.52. The Bertz CT molecular complexity index is 999. The van der Waals surface area contributed by atoms with E-state index in [0.717, 1.165) is 27.6 Å². The fourth-order valence-electron chi connectivity index (χ4n) is 2.88. The molecule has 1 aromatic heterocycles. The zero-order valence-electron chi connectivity index (χ0n) is 18.3. The van der Waals surface area contributed by atoms with Crippen molar-refractivity contribution in [2.75, 3.05) is 20.8 Å². The van der Waals surface area contributed by atoms with Gasteiger partial charge in [-0.2, -0.15) is 0 Å². The topological polar surface area (TPSA) is 69.7 Å². The van der Waals surface area contributed by atoms with Crippen LogP contribution in [0.25, 0.3) is 10.6 Å². The summed E-state index contributed by atoms with van der Waals surface area (Å²) in [7, 11) is 3.21. The molecular weight excluding hydrogens is 412 g/mol. The average molecular weight is 441 g/mol. The summed E-state index contributed by atoms with van der Waals surface area (Å²) in [4.78, 5) is 16.9. The van der Waals surface area contributed by atoms with Crippen molar-refractivity contribution < 1.29 is 19.0 Å². The molecule has 1 N–H and O–H groups in total. The Morgan fingerprint density at radius 3 is 2.48 bits per heavy atom. The fourth-order valence-corrected chi connectivity index (χ4v) is 3.70. The van der Waals surface area contributed by atoms with E-state index in [1.807, 2.05) is 47.8 Å². The van der Waals surface area contributed by atoms with E-state index in [2.05, 4.69) is 24.1 Å². The van der Waals surface area contributed by atoms with Crippen molar-refractivity contribution in [3.05, 3.63) is 59.1 Å². The molecule has 0 saturated heterocycles. The van der Waals surface area contributed by atoms with Gasteiger partial charge < -0.3 is 19.5 Å². The standard InChI is InChI=1S/C24H28N2O4S/c1-16(2)14-30-20-8-5-17(6-9-20)13-25-23(27)12-19-15-31-24(26-19)18-7-10-21(28-3)22(11-18)29-4/h5-11,15-16H,12-14H2,1-4H3,(H,25,27). The van der Waals surface area contributed by atoms with Crippen LogP contribution in [0.2, 0.25) is 0 Å². The zero-order valence-corrected chi connectivity index (χ0v) is 19.1. The van der Waals surface area contributed by atoms with Gasteiger partial charge in [0.15, 0.2) is 11.5 Å². The highest BCUT2D eigenvalue weighted by Gasteiger charge is 2.12. The van der Waals surface area contributed by atoms with E-state index in [9.17, 15) is 4.79 Å². The number of carbonyl (C=O) groups excluding carboxylic acids is 1. The molecule has 3 rings (SSSR count). The number of carbonyl (C=O) groups is 1. The maximum atomic E-state index is 12.4. The van der Waals surface area contributed by atoms with Gasteiger partial charge in [0, 0.05) is 17.5 Å². The van der Waals surface area contributed by atoms with Crippen molar-refractivity contribution in [2.24, 2.45) is 5.92 Å². The Morgan fingerprint density at radius 1 is 1.06 bits per heavy atom. The van der Waals surface area contributed by atoms with Gasteiger partial charge in [-0.15, -0.1) is 11.3 Å². The maximum Gasteiger partial charge on any atom is 0.226 e. The van der Waals surface area contributed by atoms with E-state index in [1.54, 1.807) is 14.2 Å². The second-order valence-corrected chi connectivity index (χ2v) is 8.37. The Labute approximate surface area is 187 Å². The molecule has 1 heterocycles. The number of benzene rings is 2. The third-order valence-corrected chi connectivity index (χ3v) is 5.46. The zero-order chi connectivity index (χ0) is 22.2. The summed E-state index contributed by atoms with van der Waals surface area (Å²) in [6, 6.07) is 13.5. The van der Waals surface area contributed by atoms with Crippen LogP contribution < -0.4 is 19.5 Å². The van der Waals surface area contributed by atoms with Gasteiger partial charge >= 0.3 is 0 Å². The van der Waals surface area contributed by atoms with Crippen LogP contribution in [0.1, 0.15) is 25.1 Å². The summed E-state index contributed by atoms with van der Waals surface area (Å²) in [5, 5.41) is 5.69. The van der Waals surface area contributed by atoms with Gasteiger partial charge in [0.25, 0.3) is 0 Å². The number of nitrogens with zero attached hydrogens (tertiary/aromatic N) is 1. The number of ether oxygens (including phenoxy) is 3. The molecule has 2 aromatic carbocycles. The number of hydrogen-bond acceptors (Lipinski definition) is 6.